The van der Waals surface area contributed by atoms with Gasteiger partial charge in [-0.25, -0.2) is 9.97 Å². The summed E-state index contributed by atoms with van der Waals surface area (Å²) in [5, 5.41) is 3.30. The van der Waals surface area contributed by atoms with E-state index in [0.717, 1.165) is 30.3 Å². The third-order valence-electron chi connectivity index (χ3n) is 4.99. The van der Waals surface area contributed by atoms with Crippen LogP contribution in [0.3, 0.4) is 0 Å². The zero-order chi connectivity index (χ0) is 20.8. The Morgan fingerprint density at radius 3 is 2.37 bits per heavy atom. The van der Waals surface area contributed by atoms with Gasteiger partial charge in [0, 0.05) is 50.3 Å². The number of nitrogens with zero attached hydrogens (tertiary/aromatic N) is 4. The van der Waals surface area contributed by atoms with E-state index in [-0.39, 0.29) is 11.9 Å². The normalized spacial score (nSPS) is 14.8. The topological polar surface area (TPSA) is 70.6 Å². The van der Waals surface area contributed by atoms with Crippen LogP contribution >= 0.6 is 0 Å². The van der Waals surface area contributed by atoms with Gasteiger partial charge in [0.25, 0.3) is 0 Å². The van der Waals surface area contributed by atoms with E-state index in [9.17, 15) is 4.79 Å². The van der Waals surface area contributed by atoms with Crippen LogP contribution < -0.4 is 15.0 Å². The molecule has 1 aliphatic heterocycles. The molecule has 0 saturated carbocycles. The molecule has 1 saturated heterocycles. The van der Waals surface area contributed by atoms with Gasteiger partial charge < -0.3 is 19.9 Å². The van der Waals surface area contributed by atoms with Crippen molar-refractivity contribution in [1.29, 1.82) is 0 Å². The van der Waals surface area contributed by atoms with Crippen LogP contribution in [-0.2, 0) is 4.79 Å². The number of carbonyl (C=O) groups is 1. The Kier molecular flexibility index (Phi) is 6.08. The van der Waals surface area contributed by atoms with Crippen molar-refractivity contribution in [2.75, 3.05) is 36.4 Å². The fourth-order valence-corrected chi connectivity index (χ4v) is 3.44. The fraction of sp³-hybridized carbons (Fsp3) is 0.261. The molecule has 1 unspecified atom stereocenters. The van der Waals surface area contributed by atoms with E-state index in [2.05, 4.69) is 20.2 Å². The molecule has 1 atom stereocenters. The summed E-state index contributed by atoms with van der Waals surface area (Å²) in [4.78, 5) is 25.5. The maximum Gasteiger partial charge on any atom is 0.244 e. The predicted octanol–water partition coefficient (Wildman–Crippen LogP) is 3.42. The molecule has 0 aliphatic carbocycles. The summed E-state index contributed by atoms with van der Waals surface area (Å²) in [7, 11) is 0. The lowest BCUT2D eigenvalue weighted by molar-refractivity contribution is -0.131. The summed E-state index contributed by atoms with van der Waals surface area (Å²) in [6.07, 6.45) is 3.48. The van der Waals surface area contributed by atoms with Crippen LogP contribution in [0.25, 0.3) is 0 Å². The van der Waals surface area contributed by atoms with Gasteiger partial charge in [-0.1, -0.05) is 24.3 Å². The Bertz CT molecular complexity index is 960. The minimum absolute atomic E-state index is 0.0815. The van der Waals surface area contributed by atoms with Crippen LogP contribution in [0.4, 0.5) is 11.6 Å². The number of anilines is 2. The smallest absolute Gasteiger partial charge is 0.244 e. The molecule has 30 heavy (non-hydrogen) atoms. The van der Waals surface area contributed by atoms with E-state index in [4.69, 9.17) is 4.74 Å². The molecule has 154 valence electrons. The van der Waals surface area contributed by atoms with Crippen LogP contribution in [0.5, 0.6) is 11.5 Å². The van der Waals surface area contributed by atoms with Crippen molar-refractivity contribution in [2.24, 2.45) is 0 Å². The Morgan fingerprint density at radius 2 is 1.63 bits per heavy atom. The van der Waals surface area contributed by atoms with Gasteiger partial charge in [0.1, 0.15) is 17.5 Å². The van der Waals surface area contributed by atoms with Crippen LogP contribution in [0.15, 0.2) is 73.1 Å². The number of hydrogen-bond donors (Lipinski definition) is 1. The third kappa shape index (κ3) is 4.86. The number of hydrogen-bond acceptors (Lipinski definition) is 6. The molecular weight excluding hydrogens is 378 g/mol. The van der Waals surface area contributed by atoms with Crippen molar-refractivity contribution in [3.05, 3.63) is 73.1 Å². The first-order valence-corrected chi connectivity index (χ1v) is 10.1. The predicted molar refractivity (Wildman–Crippen MR) is 117 cm³/mol. The van der Waals surface area contributed by atoms with Gasteiger partial charge in [0.15, 0.2) is 0 Å². The van der Waals surface area contributed by atoms with Crippen LogP contribution in [0.2, 0.25) is 0 Å². The highest BCUT2D eigenvalue weighted by Gasteiger charge is 2.25. The molecule has 7 nitrogen and oxygen atoms in total. The molecule has 1 N–H and O–H groups in total. The number of rotatable bonds is 6. The van der Waals surface area contributed by atoms with E-state index in [1.165, 1.54) is 0 Å². The first kappa shape index (κ1) is 19.7. The van der Waals surface area contributed by atoms with Crippen molar-refractivity contribution in [1.82, 2.24) is 14.9 Å². The number of benzene rings is 2. The molecule has 1 fully saturated rings. The number of nitrogens with one attached hydrogen (secondary N) is 1. The summed E-state index contributed by atoms with van der Waals surface area (Å²) in [6, 6.07) is 18.8. The highest BCUT2D eigenvalue weighted by molar-refractivity contribution is 5.84. The maximum absolute atomic E-state index is 12.9. The molecule has 0 radical (unpaired) electrons. The molecule has 2 heterocycles. The second-order valence-corrected chi connectivity index (χ2v) is 7.17. The summed E-state index contributed by atoms with van der Waals surface area (Å²) in [5.74, 6) is 2.30. The largest absolute Gasteiger partial charge is 0.457 e. The number of para-hydroxylation sites is 1. The quantitative estimate of drug-likeness (QED) is 0.680. The van der Waals surface area contributed by atoms with Crippen molar-refractivity contribution in [3.8, 4) is 11.5 Å². The number of ether oxygens (including phenoxy) is 1. The lowest BCUT2D eigenvalue weighted by Crippen LogP contribution is -2.52. The van der Waals surface area contributed by atoms with E-state index in [1.54, 1.807) is 18.5 Å². The molecule has 3 aromatic rings. The minimum atomic E-state index is -0.337. The van der Waals surface area contributed by atoms with Crippen LogP contribution in [0, 0.1) is 0 Å². The average molecular weight is 403 g/mol. The molecule has 0 spiro atoms. The van der Waals surface area contributed by atoms with Crippen molar-refractivity contribution in [3.63, 3.8) is 0 Å². The van der Waals surface area contributed by atoms with Gasteiger partial charge in [-0.05, 0) is 37.3 Å². The van der Waals surface area contributed by atoms with Crippen molar-refractivity contribution >= 4 is 17.5 Å². The first-order valence-electron chi connectivity index (χ1n) is 10.1. The summed E-state index contributed by atoms with van der Waals surface area (Å²) in [5.41, 5.74) is 0.848. The molecule has 1 aromatic heterocycles. The molecular formula is C23H25N5O2. The molecule has 4 rings (SSSR count). The Morgan fingerprint density at radius 1 is 0.933 bits per heavy atom. The first-order chi connectivity index (χ1) is 14.7. The number of piperazine rings is 1. The second kappa shape index (κ2) is 9.26. The summed E-state index contributed by atoms with van der Waals surface area (Å²) >= 11 is 0. The van der Waals surface area contributed by atoms with E-state index < -0.39 is 0 Å². The Balaban J connectivity index is 1.32. The van der Waals surface area contributed by atoms with Crippen molar-refractivity contribution in [2.45, 2.75) is 13.0 Å². The van der Waals surface area contributed by atoms with E-state index in [0.29, 0.717) is 19.0 Å². The third-order valence-corrected chi connectivity index (χ3v) is 4.99. The van der Waals surface area contributed by atoms with Gasteiger partial charge in [0.05, 0.1) is 0 Å². The van der Waals surface area contributed by atoms with E-state index >= 15 is 0 Å². The van der Waals surface area contributed by atoms with Crippen LogP contribution in [0.1, 0.15) is 6.92 Å². The zero-order valence-corrected chi connectivity index (χ0v) is 16.9. The number of amides is 1. The lowest BCUT2D eigenvalue weighted by atomic mass is 10.2. The van der Waals surface area contributed by atoms with Gasteiger partial charge in [-0.3, -0.25) is 4.79 Å². The fourth-order valence-electron chi connectivity index (χ4n) is 3.44. The Hall–Kier alpha value is -3.61. The lowest BCUT2D eigenvalue weighted by Gasteiger charge is -2.36. The monoisotopic (exact) mass is 403 g/mol. The number of carbonyl (C=O) groups excluding carboxylic acids is 1. The van der Waals surface area contributed by atoms with Gasteiger partial charge in [-0.15, -0.1) is 0 Å². The van der Waals surface area contributed by atoms with E-state index in [1.807, 2.05) is 66.4 Å². The molecule has 0 bridgehead atoms. The Labute approximate surface area is 176 Å². The summed E-state index contributed by atoms with van der Waals surface area (Å²) in [6.45, 7) is 4.64. The summed E-state index contributed by atoms with van der Waals surface area (Å²) < 4.78 is 5.88. The SMILES string of the molecule is CC(Nc1cccc(Oc2ccccc2)c1)C(=O)N1CCN(c2ncccn2)CC1. The standard InChI is InChI=1S/C23H25N5O2/c1-18(22(29)27-13-15-28(16-14-27)23-24-11-6-12-25-23)26-19-7-5-10-21(17-19)30-20-8-3-2-4-9-20/h2-12,17-18,26H,13-16H2,1H3. The van der Waals surface area contributed by atoms with Gasteiger partial charge in [0.2, 0.25) is 11.9 Å². The van der Waals surface area contributed by atoms with Gasteiger partial charge in [-0.2, -0.15) is 0 Å². The van der Waals surface area contributed by atoms with Crippen molar-refractivity contribution < 1.29 is 9.53 Å². The van der Waals surface area contributed by atoms with Crippen LogP contribution in [-0.4, -0.2) is 53.0 Å². The second-order valence-electron chi connectivity index (χ2n) is 7.17. The highest BCUT2D eigenvalue weighted by atomic mass is 16.5. The molecule has 1 amide bonds. The average Bonchev–Trinajstić information content (AvgIpc) is 2.80. The molecule has 1 aliphatic rings. The highest BCUT2D eigenvalue weighted by Crippen LogP contribution is 2.24. The maximum atomic E-state index is 12.9. The molecule has 7 heteroatoms. The number of aromatic nitrogens is 2. The molecule has 2 aromatic carbocycles. The minimum Gasteiger partial charge on any atom is -0.457 e. The zero-order valence-electron chi connectivity index (χ0n) is 16.9. The van der Waals surface area contributed by atoms with Gasteiger partial charge >= 0.3 is 0 Å².